The molecule has 0 atom stereocenters. The lowest BCUT2D eigenvalue weighted by Crippen LogP contribution is -2.46. The summed E-state index contributed by atoms with van der Waals surface area (Å²) in [5, 5.41) is 2.81. The van der Waals surface area contributed by atoms with E-state index < -0.39 is 11.8 Å². The zero-order valence-corrected chi connectivity index (χ0v) is 18.2. The van der Waals surface area contributed by atoms with Crippen LogP contribution in [0.25, 0.3) is 11.0 Å². The van der Waals surface area contributed by atoms with Crippen molar-refractivity contribution in [1.82, 2.24) is 25.2 Å². The molecule has 8 nitrogen and oxygen atoms in total. The van der Waals surface area contributed by atoms with Crippen molar-refractivity contribution in [2.45, 2.75) is 32.4 Å². The number of pyridine rings is 1. The van der Waals surface area contributed by atoms with E-state index in [1.807, 2.05) is 4.90 Å². The molecule has 3 heterocycles. The van der Waals surface area contributed by atoms with Crippen molar-refractivity contribution < 1.29 is 13.6 Å². The molecule has 172 valence electrons. The molecule has 1 aliphatic carbocycles. The number of rotatable bonds is 5. The molecule has 1 aromatic carbocycles. The Morgan fingerprint density at radius 3 is 2.61 bits per heavy atom. The molecule has 0 radical (unpaired) electrons. The summed E-state index contributed by atoms with van der Waals surface area (Å²) in [6.45, 7) is 4.47. The number of amides is 1. The van der Waals surface area contributed by atoms with E-state index in [-0.39, 0.29) is 34.4 Å². The van der Waals surface area contributed by atoms with Crippen LogP contribution in [0.3, 0.4) is 0 Å². The van der Waals surface area contributed by atoms with Gasteiger partial charge in [-0.1, -0.05) is 0 Å². The molecule has 1 amide bonds. The molecule has 1 saturated carbocycles. The number of anilines is 1. The van der Waals surface area contributed by atoms with Crippen LogP contribution in [-0.4, -0.2) is 58.0 Å². The Morgan fingerprint density at radius 2 is 1.91 bits per heavy atom. The molecule has 33 heavy (non-hydrogen) atoms. The predicted molar refractivity (Wildman–Crippen MR) is 119 cm³/mol. The number of nitrogens with one attached hydrogen (secondary N) is 2. The number of benzene rings is 1. The van der Waals surface area contributed by atoms with E-state index in [0.717, 1.165) is 18.4 Å². The van der Waals surface area contributed by atoms with Gasteiger partial charge in [-0.25, -0.2) is 14.4 Å². The summed E-state index contributed by atoms with van der Waals surface area (Å²) in [6.07, 6.45) is 1.91. The Morgan fingerprint density at radius 1 is 1.15 bits per heavy atom. The minimum Gasteiger partial charge on any atom is -0.365 e. The van der Waals surface area contributed by atoms with Gasteiger partial charge in [-0.15, -0.1) is 0 Å². The first-order valence-electron chi connectivity index (χ1n) is 11.0. The third kappa shape index (κ3) is 4.56. The van der Waals surface area contributed by atoms with Crippen LogP contribution in [0, 0.1) is 18.7 Å². The molecule has 2 aliphatic rings. The fourth-order valence-electron chi connectivity index (χ4n) is 4.07. The fraction of sp³-hybridized carbons (Fsp3) is 0.391. The summed E-state index contributed by atoms with van der Waals surface area (Å²) in [5.74, 6) is -1.48. The predicted octanol–water partition coefficient (Wildman–Crippen LogP) is 2.12. The molecular weight excluding hydrogens is 430 g/mol. The van der Waals surface area contributed by atoms with Gasteiger partial charge in [0.05, 0.1) is 11.2 Å². The second-order valence-corrected chi connectivity index (χ2v) is 8.64. The van der Waals surface area contributed by atoms with Gasteiger partial charge in [-0.2, -0.15) is 4.39 Å². The Bertz CT molecular complexity index is 1280. The van der Waals surface area contributed by atoms with E-state index >= 15 is 0 Å². The van der Waals surface area contributed by atoms with Gasteiger partial charge in [-0.05, 0) is 49.6 Å². The van der Waals surface area contributed by atoms with E-state index in [2.05, 4.69) is 25.2 Å². The van der Waals surface area contributed by atoms with E-state index in [1.54, 1.807) is 25.1 Å². The number of fused-ring (bicyclic) bond motifs is 1. The van der Waals surface area contributed by atoms with Crippen molar-refractivity contribution in [2.24, 2.45) is 0 Å². The third-order valence-corrected chi connectivity index (χ3v) is 6.07. The van der Waals surface area contributed by atoms with Gasteiger partial charge in [0, 0.05) is 38.8 Å². The highest BCUT2D eigenvalue weighted by molar-refractivity contribution is 5.92. The maximum absolute atomic E-state index is 14.6. The number of hydrogen-bond donors (Lipinski definition) is 2. The topological polar surface area (TPSA) is 94.2 Å². The number of carbonyl (C=O) groups is 1. The maximum Gasteiger partial charge on any atom is 0.270 e. The first-order chi connectivity index (χ1) is 15.9. The monoisotopic (exact) mass is 454 g/mol. The van der Waals surface area contributed by atoms with Gasteiger partial charge in [-0.3, -0.25) is 14.5 Å². The smallest absolute Gasteiger partial charge is 0.270 e. The highest BCUT2D eigenvalue weighted by atomic mass is 19.1. The van der Waals surface area contributed by atoms with Crippen LogP contribution in [0.1, 0.15) is 34.6 Å². The number of carbonyl (C=O) groups excluding carboxylic acids is 1. The highest BCUT2D eigenvalue weighted by Crippen LogP contribution is 2.23. The van der Waals surface area contributed by atoms with Crippen LogP contribution >= 0.6 is 0 Å². The van der Waals surface area contributed by atoms with Crippen LogP contribution in [0.15, 0.2) is 29.1 Å². The van der Waals surface area contributed by atoms with Crippen molar-refractivity contribution >= 4 is 22.6 Å². The minimum absolute atomic E-state index is 0.0860. The molecular formula is C23H24F2N6O2. The van der Waals surface area contributed by atoms with E-state index in [4.69, 9.17) is 0 Å². The number of nitrogens with zero attached hydrogens (tertiary/aromatic N) is 4. The van der Waals surface area contributed by atoms with E-state index in [9.17, 15) is 18.4 Å². The molecule has 10 heteroatoms. The molecule has 0 bridgehead atoms. The average Bonchev–Trinajstić information content (AvgIpc) is 3.60. The summed E-state index contributed by atoms with van der Waals surface area (Å²) in [5.41, 5.74) is 1.60. The SMILES string of the molecule is Cc1nc2c(F)cc(CN3CCN(c4ccc(C(=O)NC5CC5)nc4F)CC3)cc2[nH]c1=O. The third-order valence-electron chi connectivity index (χ3n) is 6.07. The molecule has 0 spiro atoms. The molecule has 3 aromatic rings. The summed E-state index contributed by atoms with van der Waals surface area (Å²) in [4.78, 5) is 38.5. The second-order valence-electron chi connectivity index (χ2n) is 8.64. The first kappa shape index (κ1) is 21.4. The largest absolute Gasteiger partial charge is 0.365 e. The molecule has 5 rings (SSSR count). The van der Waals surface area contributed by atoms with Gasteiger partial charge in [0.1, 0.15) is 16.9 Å². The zero-order chi connectivity index (χ0) is 23.1. The quantitative estimate of drug-likeness (QED) is 0.574. The summed E-state index contributed by atoms with van der Waals surface area (Å²) >= 11 is 0. The lowest BCUT2D eigenvalue weighted by Gasteiger charge is -2.36. The summed E-state index contributed by atoms with van der Waals surface area (Å²) < 4.78 is 29.1. The Labute approximate surface area is 188 Å². The lowest BCUT2D eigenvalue weighted by atomic mass is 10.1. The Hall–Kier alpha value is -3.40. The first-order valence-corrected chi connectivity index (χ1v) is 11.0. The second kappa shape index (κ2) is 8.51. The standard InChI is InChI=1S/C23H24F2N6O2/c1-13-22(32)29-18-11-14(10-16(24)20(18)26-13)12-30-6-8-31(9-7-30)19-5-4-17(28-21(19)25)23(33)27-15-2-3-15/h4-5,10-11,15H,2-3,6-9,12H2,1H3,(H,27,33)(H,29,32). The Balaban J connectivity index is 1.23. The number of aromatic amines is 1. The minimum atomic E-state index is -0.657. The maximum atomic E-state index is 14.6. The number of halogens is 2. The lowest BCUT2D eigenvalue weighted by molar-refractivity contribution is 0.0945. The van der Waals surface area contributed by atoms with Gasteiger partial charge in [0.15, 0.2) is 5.82 Å². The number of aromatic nitrogens is 3. The van der Waals surface area contributed by atoms with Crippen molar-refractivity contribution in [3.63, 3.8) is 0 Å². The van der Waals surface area contributed by atoms with Crippen molar-refractivity contribution in [3.05, 3.63) is 63.3 Å². The summed E-state index contributed by atoms with van der Waals surface area (Å²) in [6, 6.07) is 6.52. The van der Waals surface area contributed by atoms with Crippen LogP contribution < -0.4 is 15.8 Å². The number of aryl methyl sites for hydroxylation is 1. The van der Waals surface area contributed by atoms with E-state index in [0.29, 0.717) is 43.9 Å². The highest BCUT2D eigenvalue weighted by Gasteiger charge is 2.26. The number of H-pyrrole nitrogens is 1. The average molecular weight is 454 g/mol. The van der Waals surface area contributed by atoms with E-state index in [1.165, 1.54) is 6.07 Å². The zero-order valence-electron chi connectivity index (χ0n) is 18.2. The molecule has 2 aromatic heterocycles. The molecule has 2 N–H and O–H groups in total. The number of hydrogen-bond acceptors (Lipinski definition) is 6. The van der Waals surface area contributed by atoms with Crippen molar-refractivity contribution in [1.29, 1.82) is 0 Å². The molecule has 0 unspecified atom stereocenters. The summed E-state index contributed by atoms with van der Waals surface area (Å²) in [7, 11) is 0. The van der Waals surface area contributed by atoms with Crippen LogP contribution in [0.4, 0.5) is 14.5 Å². The number of piperazine rings is 1. The molecule has 2 fully saturated rings. The normalized spacial score (nSPS) is 16.9. The van der Waals surface area contributed by atoms with Crippen LogP contribution in [0.5, 0.6) is 0 Å². The van der Waals surface area contributed by atoms with Crippen LogP contribution in [0.2, 0.25) is 0 Å². The molecule has 1 aliphatic heterocycles. The van der Waals surface area contributed by atoms with Crippen molar-refractivity contribution in [2.75, 3.05) is 31.1 Å². The van der Waals surface area contributed by atoms with Crippen molar-refractivity contribution in [3.8, 4) is 0 Å². The Kier molecular flexibility index (Phi) is 5.53. The van der Waals surface area contributed by atoms with Gasteiger partial charge >= 0.3 is 0 Å². The fourth-order valence-corrected chi connectivity index (χ4v) is 4.07. The van der Waals surface area contributed by atoms with Crippen LogP contribution in [-0.2, 0) is 6.54 Å². The van der Waals surface area contributed by atoms with Gasteiger partial charge < -0.3 is 15.2 Å². The molecule has 1 saturated heterocycles. The van der Waals surface area contributed by atoms with Gasteiger partial charge in [0.25, 0.3) is 11.5 Å². The van der Waals surface area contributed by atoms with Gasteiger partial charge in [0.2, 0.25) is 5.95 Å².